The first-order valence-electron chi connectivity index (χ1n) is 7.52. The maximum absolute atomic E-state index is 12.1. The Bertz CT molecular complexity index is 811. The van der Waals surface area contributed by atoms with E-state index in [9.17, 15) is 14.9 Å². The summed E-state index contributed by atoms with van der Waals surface area (Å²) in [4.78, 5) is 22.4. The van der Waals surface area contributed by atoms with E-state index in [-0.39, 0.29) is 5.69 Å². The van der Waals surface area contributed by atoms with Crippen LogP contribution in [0.1, 0.15) is 31.1 Å². The first kappa shape index (κ1) is 17.9. The second-order valence-electron chi connectivity index (χ2n) is 5.33. The van der Waals surface area contributed by atoms with E-state index in [1.807, 2.05) is 6.07 Å². The van der Waals surface area contributed by atoms with Crippen LogP contribution in [0.25, 0.3) is 0 Å². The topological polar surface area (TPSA) is 102 Å². The average molecular weight is 340 g/mol. The molecule has 0 unspecified atom stereocenters. The third kappa shape index (κ3) is 4.78. The first-order chi connectivity index (χ1) is 11.9. The normalized spacial score (nSPS) is 12.5. The summed E-state index contributed by atoms with van der Waals surface area (Å²) < 4.78 is 10.8. The molecule has 0 saturated heterocycles. The smallest absolute Gasteiger partial charge is 0.347 e. The zero-order valence-electron chi connectivity index (χ0n) is 13.7. The monoisotopic (exact) mass is 340 g/mol. The molecular weight excluding hydrogens is 324 g/mol. The van der Waals surface area contributed by atoms with Crippen molar-refractivity contribution in [2.75, 3.05) is 0 Å². The van der Waals surface area contributed by atoms with Gasteiger partial charge >= 0.3 is 5.97 Å². The number of nitro benzene ring substituents is 1. The van der Waals surface area contributed by atoms with Crippen molar-refractivity contribution in [3.8, 4) is 11.8 Å². The summed E-state index contributed by atoms with van der Waals surface area (Å²) in [6.45, 7) is 3.17. The maximum Gasteiger partial charge on any atom is 0.347 e. The van der Waals surface area contributed by atoms with Gasteiger partial charge in [-0.3, -0.25) is 10.1 Å². The quantitative estimate of drug-likeness (QED) is 0.453. The molecule has 0 heterocycles. The molecule has 2 aromatic carbocycles. The molecule has 7 heteroatoms. The van der Waals surface area contributed by atoms with Gasteiger partial charge < -0.3 is 9.47 Å². The highest BCUT2D eigenvalue weighted by atomic mass is 16.6. The fourth-order valence-corrected chi connectivity index (χ4v) is 2.09. The van der Waals surface area contributed by atoms with Gasteiger partial charge in [-0.2, -0.15) is 5.26 Å². The molecular formula is C18H16N2O5. The average Bonchev–Trinajstić information content (AvgIpc) is 2.62. The molecule has 0 radical (unpaired) electrons. The number of rotatable bonds is 6. The molecule has 128 valence electrons. The van der Waals surface area contributed by atoms with Gasteiger partial charge in [0.2, 0.25) is 0 Å². The van der Waals surface area contributed by atoms with Crippen LogP contribution in [0.4, 0.5) is 5.69 Å². The lowest BCUT2D eigenvalue weighted by molar-refractivity contribution is -0.385. The van der Waals surface area contributed by atoms with E-state index in [0.717, 1.165) is 0 Å². The number of benzene rings is 2. The number of nitriles is 1. The van der Waals surface area contributed by atoms with Crippen molar-refractivity contribution in [2.45, 2.75) is 26.1 Å². The molecule has 0 N–H and O–H groups in total. The highest BCUT2D eigenvalue weighted by molar-refractivity contribution is 5.75. The fourth-order valence-electron chi connectivity index (χ4n) is 2.09. The Morgan fingerprint density at radius 1 is 1.20 bits per heavy atom. The predicted molar refractivity (Wildman–Crippen MR) is 88.9 cm³/mol. The number of hydrogen-bond donors (Lipinski definition) is 0. The van der Waals surface area contributed by atoms with Crippen molar-refractivity contribution in [1.82, 2.24) is 0 Å². The Morgan fingerprint density at radius 2 is 1.88 bits per heavy atom. The summed E-state index contributed by atoms with van der Waals surface area (Å²) in [5.41, 5.74) is 0.942. The molecule has 0 aliphatic carbocycles. The number of hydrogen-bond acceptors (Lipinski definition) is 6. The molecule has 0 aliphatic heterocycles. The lowest BCUT2D eigenvalue weighted by Crippen LogP contribution is -2.27. The van der Waals surface area contributed by atoms with Crippen molar-refractivity contribution in [2.24, 2.45) is 0 Å². The van der Waals surface area contributed by atoms with Crippen molar-refractivity contribution in [3.63, 3.8) is 0 Å². The van der Waals surface area contributed by atoms with E-state index < -0.39 is 23.1 Å². The van der Waals surface area contributed by atoms with E-state index >= 15 is 0 Å². The Balaban J connectivity index is 1.99. The number of carbonyl (C=O) groups excluding carboxylic acids is 1. The first-order valence-corrected chi connectivity index (χ1v) is 7.52. The summed E-state index contributed by atoms with van der Waals surface area (Å²) in [6.07, 6.45) is -1.52. The summed E-state index contributed by atoms with van der Waals surface area (Å²) >= 11 is 0. The molecule has 25 heavy (non-hydrogen) atoms. The molecule has 2 atom stereocenters. The van der Waals surface area contributed by atoms with Crippen LogP contribution in [0.5, 0.6) is 5.75 Å². The molecule has 0 saturated carbocycles. The number of nitrogens with zero attached hydrogens (tertiary/aromatic N) is 2. The summed E-state index contributed by atoms with van der Waals surface area (Å²) in [5, 5.41) is 19.6. The van der Waals surface area contributed by atoms with E-state index in [4.69, 9.17) is 14.7 Å². The van der Waals surface area contributed by atoms with Gasteiger partial charge in [0, 0.05) is 12.1 Å². The van der Waals surface area contributed by atoms with E-state index in [0.29, 0.717) is 16.9 Å². The summed E-state index contributed by atoms with van der Waals surface area (Å²) in [6, 6.07) is 14.3. The van der Waals surface area contributed by atoms with Gasteiger partial charge in [0.15, 0.2) is 6.10 Å². The van der Waals surface area contributed by atoms with Gasteiger partial charge in [0.25, 0.3) is 5.69 Å². The molecule has 2 rings (SSSR count). The zero-order valence-corrected chi connectivity index (χ0v) is 13.7. The summed E-state index contributed by atoms with van der Waals surface area (Å²) in [7, 11) is 0. The summed E-state index contributed by atoms with van der Waals surface area (Å²) in [5.74, 6) is -0.158. The van der Waals surface area contributed by atoms with Crippen LogP contribution >= 0.6 is 0 Å². The van der Waals surface area contributed by atoms with E-state index in [2.05, 4.69) is 0 Å². The fraction of sp³-hybridized carbons (Fsp3) is 0.222. The van der Waals surface area contributed by atoms with Crippen LogP contribution in [0, 0.1) is 21.4 Å². The highest BCUT2D eigenvalue weighted by Crippen LogP contribution is 2.23. The molecule has 7 nitrogen and oxygen atoms in total. The van der Waals surface area contributed by atoms with Crippen LogP contribution in [-0.4, -0.2) is 17.0 Å². The van der Waals surface area contributed by atoms with E-state index in [1.165, 1.54) is 18.2 Å². The molecule has 0 amide bonds. The third-order valence-corrected chi connectivity index (χ3v) is 3.47. The van der Waals surface area contributed by atoms with Crippen LogP contribution in [-0.2, 0) is 9.53 Å². The largest absolute Gasteiger partial charge is 0.479 e. The SMILES string of the molecule is C[C@H](Oc1ccc(C#N)cc1)C(=O)O[C@@H](C)c1cccc([N+](=O)[O-])c1. The highest BCUT2D eigenvalue weighted by Gasteiger charge is 2.21. The van der Waals surface area contributed by atoms with Gasteiger partial charge in [-0.15, -0.1) is 0 Å². The second kappa shape index (κ2) is 7.93. The molecule has 0 spiro atoms. The number of carbonyl (C=O) groups is 1. The molecule has 2 aromatic rings. The minimum Gasteiger partial charge on any atom is -0.479 e. The lowest BCUT2D eigenvalue weighted by Gasteiger charge is -2.18. The Kier molecular flexibility index (Phi) is 5.69. The Hall–Kier alpha value is -3.40. The minimum absolute atomic E-state index is 0.0673. The standard InChI is InChI=1S/C18H16N2O5/c1-12(15-4-3-5-16(10-15)20(22)23)25-18(21)13(2)24-17-8-6-14(11-19)7-9-17/h3-10,12-13H,1-2H3/t12-,13-/m0/s1. The van der Waals surface area contributed by atoms with Gasteiger partial charge in [0.1, 0.15) is 11.9 Å². The number of nitro groups is 1. The van der Waals surface area contributed by atoms with Gasteiger partial charge in [-0.1, -0.05) is 12.1 Å². The van der Waals surface area contributed by atoms with Crippen LogP contribution < -0.4 is 4.74 Å². The molecule has 0 bridgehead atoms. The lowest BCUT2D eigenvalue weighted by atomic mass is 10.1. The van der Waals surface area contributed by atoms with Gasteiger partial charge in [-0.05, 0) is 43.7 Å². The minimum atomic E-state index is -0.867. The third-order valence-electron chi connectivity index (χ3n) is 3.47. The number of non-ortho nitro benzene ring substituents is 1. The van der Waals surface area contributed by atoms with Crippen LogP contribution in [0.3, 0.4) is 0 Å². The van der Waals surface area contributed by atoms with Gasteiger partial charge in [0.05, 0.1) is 16.6 Å². The van der Waals surface area contributed by atoms with Crippen molar-refractivity contribution in [1.29, 1.82) is 5.26 Å². The van der Waals surface area contributed by atoms with Crippen LogP contribution in [0.2, 0.25) is 0 Å². The predicted octanol–water partition coefficient (Wildman–Crippen LogP) is 3.54. The van der Waals surface area contributed by atoms with Crippen molar-refractivity contribution in [3.05, 3.63) is 69.8 Å². The maximum atomic E-state index is 12.1. The van der Waals surface area contributed by atoms with Gasteiger partial charge in [-0.25, -0.2) is 4.79 Å². The molecule has 0 aromatic heterocycles. The van der Waals surface area contributed by atoms with Crippen molar-refractivity contribution < 1.29 is 19.2 Å². The number of esters is 1. The molecule has 0 fully saturated rings. The molecule has 0 aliphatic rings. The second-order valence-corrected chi connectivity index (χ2v) is 5.33. The van der Waals surface area contributed by atoms with Crippen molar-refractivity contribution >= 4 is 11.7 Å². The van der Waals surface area contributed by atoms with Crippen LogP contribution in [0.15, 0.2) is 48.5 Å². The number of ether oxygens (including phenoxy) is 2. The van der Waals surface area contributed by atoms with E-state index in [1.54, 1.807) is 44.2 Å². The zero-order chi connectivity index (χ0) is 18.4. The Labute approximate surface area is 144 Å². The Morgan fingerprint density at radius 3 is 2.48 bits per heavy atom.